The van der Waals surface area contributed by atoms with Crippen molar-refractivity contribution < 1.29 is 5.11 Å². The van der Waals surface area contributed by atoms with E-state index < -0.39 is 6.10 Å². The molecule has 1 atom stereocenters. The first-order valence-electron chi connectivity index (χ1n) is 6.29. The Balaban J connectivity index is 2.01. The Morgan fingerprint density at radius 2 is 2.06 bits per heavy atom. The van der Waals surface area contributed by atoms with E-state index in [0.717, 1.165) is 11.0 Å². The van der Waals surface area contributed by atoms with Crippen LogP contribution in [0.5, 0.6) is 0 Å². The number of nitrogens with zero attached hydrogens (tertiary/aromatic N) is 2. The predicted molar refractivity (Wildman–Crippen MR) is 73.5 cm³/mol. The summed E-state index contributed by atoms with van der Waals surface area (Å²) in [6, 6.07) is 7.95. The SMILES string of the molecule is CC(C)(C)NCC(O)Cn1cnc2ccccc21. The van der Waals surface area contributed by atoms with Crippen LogP contribution in [-0.2, 0) is 6.54 Å². The molecule has 1 aromatic carbocycles. The molecule has 18 heavy (non-hydrogen) atoms. The maximum absolute atomic E-state index is 10.0. The molecule has 1 heterocycles. The van der Waals surface area contributed by atoms with E-state index in [-0.39, 0.29) is 5.54 Å². The molecule has 0 bridgehead atoms. The lowest BCUT2D eigenvalue weighted by Crippen LogP contribution is -2.41. The summed E-state index contributed by atoms with van der Waals surface area (Å²) in [6.45, 7) is 7.41. The lowest BCUT2D eigenvalue weighted by Gasteiger charge is -2.23. The molecule has 98 valence electrons. The molecule has 0 fully saturated rings. The fraction of sp³-hybridized carbons (Fsp3) is 0.500. The van der Waals surface area contributed by atoms with Gasteiger partial charge in [-0.15, -0.1) is 0 Å². The van der Waals surface area contributed by atoms with Gasteiger partial charge in [0.05, 0.1) is 30.0 Å². The summed E-state index contributed by atoms with van der Waals surface area (Å²) in [5.74, 6) is 0. The molecule has 0 amide bonds. The first-order valence-corrected chi connectivity index (χ1v) is 6.29. The highest BCUT2D eigenvalue weighted by molar-refractivity contribution is 5.74. The maximum Gasteiger partial charge on any atom is 0.0959 e. The van der Waals surface area contributed by atoms with Crippen LogP contribution >= 0.6 is 0 Å². The summed E-state index contributed by atoms with van der Waals surface area (Å²) in [7, 11) is 0. The number of aliphatic hydroxyl groups is 1. The van der Waals surface area contributed by atoms with Gasteiger partial charge in [0.1, 0.15) is 0 Å². The van der Waals surface area contributed by atoms with Crippen molar-refractivity contribution in [3.63, 3.8) is 0 Å². The molecule has 2 N–H and O–H groups in total. The third-order valence-electron chi connectivity index (χ3n) is 2.80. The van der Waals surface area contributed by atoms with Gasteiger partial charge in [-0.3, -0.25) is 0 Å². The third kappa shape index (κ3) is 3.31. The standard InChI is InChI=1S/C14H21N3O/c1-14(2,3)16-8-11(18)9-17-10-15-12-6-4-5-7-13(12)17/h4-7,10-11,16,18H,8-9H2,1-3H3. The molecule has 0 spiro atoms. The smallest absolute Gasteiger partial charge is 0.0959 e. The molecule has 2 aromatic rings. The predicted octanol–water partition coefficient (Wildman–Crippen LogP) is 1.79. The molecule has 1 unspecified atom stereocenters. The van der Waals surface area contributed by atoms with E-state index >= 15 is 0 Å². The molecule has 0 aliphatic rings. The lowest BCUT2D eigenvalue weighted by atomic mass is 10.1. The summed E-state index contributed by atoms with van der Waals surface area (Å²) in [6.07, 6.45) is 1.37. The summed E-state index contributed by atoms with van der Waals surface area (Å²) in [4.78, 5) is 4.31. The summed E-state index contributed by atoms with van der Waals surface area (Å²) in [5.41, 5.74) is 2.05. The number of hydrogen-bond donors (Lipinski definition) is 2. The molecule has 4 heteroatoms. The van der Waals surface area contributed by atoms with E-state index in [2.05, 4.69) is 31.1 Å². The van der Waals surface area contributed by atoms with Crippen molar-refractivity contribution in [3.8, 4) is 0 Å². The highest BCUT2D eigenvalue weighted by Gasteiger charge is 2.13. The maximum atomic E-state index is 10.0. The lowest BCUT2D eigenvalue weighted by molar-refractivity contribution is 0.143. The number of hydrogen-bond acceptors (Lipinski definition) is 3. The number of rotatable bonds is 4. The Morgan fingerprint density at radius 1 is 1.33 bits per heavy atom. The zero-order valence-electron chi connectivity index (χ0n) is 11.2. The Hall–Kier alpha value is -1.39. The number of aromatic nitrogens is 2. The van der Waals surface area contributed by atoms with Crippen molar-refractivity contribution in [2.45, 2.75) is 39.0 Å². The van der Waals surface area contributed by atoms with Crippen molar-refractivity contribution >= 4 is 11.0 Å². The van der Waals surface area contributed by atoms with Gasteiger partial charge in [0.2, 0.25) is 0 Å². The van der Waals surface area contributed by atoms with E-state index in [1.807, 2.05) is 28.8 Å². The van der Waals surface area contributed by atoms with Crippen LogP contribution in [0.4, 0.5) is 0 Å². The number of nitrogens with one attached hydrogen (secondary N) is 1. The number of benzene rings is 1. The van der Waals surface area contributed by atoms with Crippen LogP contribution in [0.2, 0.25) is 0 Å². The number of imidazole rings is 1. The number of para-hydroxylation sites is 2. The molecule has 0 aliphatic carbocycles. The molecule has 4 nitrogen and oxygen atoms in total. The second kappa shape index (κ2) is 5.08. The first kappa shape index (κ1) is 13.1. The minimum absolute atomic E-state index is 0.0258. The van der Waals surface area contributed by atoms with Crippen molar-refractivity contribution in [1.29, 1.82) is 0 Å². The van der Waals surface area contributed by atoms with Crippen LogP contribution in [0.15, 0.2) is 30.6 Å². The fourth-order valence-electron chi connectivity index (χ4n) is 1.87. The minimum atomic E-state index is -0.415. The number of aliphatic hydroxyl groups excluding tert-OH is 1. The zero-order valence-corrected chi connectivity index (χ0v) is 11.2. The molecule has 0 saturated heterocycles. The molecule has 0 radical (unpaired) electrons. The Morgan fingerprint density at radius 3 is 2.78 bits per heavy atom. The van der Waals surface area contributed by atoms with Gasteiger partial charge in [-0.25, -0.2) is 4.98 Å². The molecular formula is C14H21N3O. The highest BCUT2D eigenvalue weighted by atomic mass is 16.3. The average Bonchev–Trinajstić information content (AvgIpc) is 2.70. The normalized spacial score (nSPS) is 14.0. The Kier molecular flexibility index (Phi) is 3.68. The molecule has 0 aliphatic heterocycles. The second-order valence-electron chi connectivity index (χ2n) is 5.67. The topological polar surface area (TPSA) is 50.1 Å². The van der Waals surface area contributed by atoms with Gasteiger partial charge < -0.3 is 15.0 Å². The quantitative estimate of drug-likeness (QED) is 0.866. The van der Waals surface area contributed by atoms with Gasteiger partial charge in [-0.1, -0.05) is 12.1 Å². The number of β-amino-alcohol motifs (C(OH)–C–C–N with tert-alkyl or cyclic N) is 1. The van der Waals surface area contributed by atoms with Crippen LogP contribution < -0.4 is 5.32 Å². The summed E-state index contributed by atoms with van der Waals surface area (Å²) in [5, 5.41) is 13.3. The van der Waals surface area contributed by atoms with Crippen LogP contribution in [-0.4, -0.2) is 32.8 Å². The third-order valence-corrected chi connectivity index (χ3v) is 2.80. The highest BCUT2D eigenvalue weighted by Crippen LogP contribution is 2.12. The van der Waals surface area contributed by atoms with Gasteiger partial charge in [-0.2, -0.15) is 0 Å². The van der Waals surface area contributed by atoms with Gasteiger partial charge >= 0.3 is 0 Å². The molecule has 2 rings (SSSR count). The van der Waals surface area contributed by atoms with Crippen LogP contribution in [0.25, 0.3) is 11.0 Å². The van der Waals surface area contributed by atoms with E-state index in [9.17, 15) is 5.11 Å². The summed E-state index contributed by atoms with van der Waals surface area (Å²) >= 11 is 0. The van der Waals surface area contributed by atoms with Crippen molar-refractivity contribution in [2.24, 2.45) is 0 Å². The molecular weight excluding hydrogens is 226 g/mol. The van der Waals surface area contributed by atoms with Gasteiger partial charge in [0.25, 0.3) is 0 Å². The average molecular weight is 247 g/mol. The van der Waals surface area contributed by atoms with Crippen LogP contribution in [0.3, 0.4) is 0 Å². The van der Waals surface area contributed by atoms with Crippen molar-refractivity contribution in [2.75, 3.05) is 6.54 Å². The Labute approximate surface area is 108 Å². The molecule has 1 aromatic heterocycles. The van der Waals surface area contributed by atoms with Gasteiger partial charge in [0.15, 0.2) is 0 Å². The van der Waals surface area contributed by atoms with Crippen LogP contribution in [0, 0.1) is 0 Å². The van der Waals surface area contributed by atoms with E-state index in [1.165, 1.54) is 0 Å². The summed E-state index contributed by atoms with van der Waals surface area (Å²) < 4.78 is 1.99. The largest absolute Gasteiger partial charge is 0.390 e. The zero-order chi connectivity index (χ0) is 13.2. The van der Waals surface area contributed by atoms with Crippen molar-refractivity contribution in [3.05, 3.63) is 30.6 Å². The minimum Gasteiger partial charge on any atom is -0.390 e. The van der Waals surface area contributed by atoms with E-state index in [1.54, 1.807) is 6.33 Å². The monoisotopic (exact) mass is 247 g/mol. The van der Waals surface area contributed by atoms with Crippen LogP contribution in [0.1, 0.15) is 20.8 Å². The van der Waals surface area contributed by atoms with Gasteiger partial charge in [0, 0.05) is 12.1 Å². The second-order valence-corrected chi connectivity index (χ2v) is 5.67. The van der Waals surface area contributed by atoms with Gasteiger partial charge in [-0.05, 0) is 32.9 Å². The Bertz CT molecular complexity index is 513. The van der Waals surface area contributed by atoms with Crippen molar-refractivity contribution in [1.82, 2.24) is 14.9 Å². The fourth-order valence-corrected chi connectivity index (χ4v) is 1.87. The van der Waals surface area contributed by atoms with E-state index in [0.29, 0.717) is 13.1 Å². The molecule has 0 saturated carbocycles. The van der Waals surface area contributed by atoms with E-state index in [4.69, 9.17) is 0 Å². The number of fused-ring (bicyclic) bond motifs is 1. The first-order chi connectivity index (χ1) is 8.46.